The van der Waals surface area contributed by atoms with Crippen LogP contribution >= 0.6 is 0 Å². The monoisotopic (exact) mass is 285 g/mol. The number of benzene rings is 1. The van der Waals surface area contributed by atoms with Crippen LogP contribution in [0, 0.1) is 0 Å². The summed E-state index contributed by atoms with van der Waals surface area (Å²) in [7, 11) is 2.08. The summed E-state index contributed by atoms with van der Waals surface area (Å²) in [6, 6.07) is 10.3. The molecule has 1 unspecified atom stereocenters. The first-order valence-corrected chi connectivity index (χ1v) is 7.69. The molecule has 1 aliphatic heterocycles. The minimum absolute atomic E-state index is 0.318. The van der Waals surface area contributed by atoms with Gasteiger partial charge in [0.15, 0.2) is 0 Å². The summed E-state index contributed by atoms with van der Waals surface area (Å²) in [6.07, 6.45) is 3.91. The summed E-state index contributed by atoms with van der Waals surface area (Å²) in [5, 5.41) is 1.14. The molecular weight excluding hydrogens is 262 g/mol. The highest BCUT2D eigenvalue weighted by Gasteiger charge is 2.17. The van der Waals surface area contributed by atoms with Crippen LogP contribution in [0.25, 0.3) is 10.9 Å². The topological polar surface area (TPSA) is 51.4 Å². The van der Waals surface area contributed by atoms with E-state index in [1.165, 1.54) is 12.8 Å². The number of hydrogen-bond donors (Lipinski definition) is 1. The minimum Gasteiger partial charge on any atom is -0.376 e. The van der Waals surface area contributed by atoms with Crippen molar-refractivity contribution in [1.82, 2.24) is 4.98 Å². The molecule has 2 N–H and O–H groups in total. The second-order valence-corrected chi connectivity index (χ2v) is 5.73. The van der Waals surface area contributed by atoms with E-state index < -0.39 is 0 Å². The third-order valence-corrected chi connectivity index (χ3v) is 4.15. The molecule has 1 saturated heterocycles. The van der Waals surface area contributed by atoms with E-state index in [0.29, 0.717) is 12.6 Å². The van der Waals surface area contributed by atoms with E-state index in [-0.39, 0.29) is 0 Å². The standard InChI is InChI=1S/C17H23N3O/c1-20(12-14-6-4-5-9-21-14)17-10-13(11-18)15-7-2-3-8-16(15)19-17/h2-3,7-8,10,14H,4-6,9,11-12,18H2,1H3. The number of aromatic nitrogens is 1. The first-order valence-electron chi connectivity index (χ1n) is 7.69. The van der Waals surface area contributed by atoms with Crippen LogP contribution in [0.15, 0.2) is 30.3 Å². The molecule has 0 spiro atoms. The summed E-state index contributed by atoms with van der Waals surface area (Å²) in [5.74, 6) is 0.975. The Morgan fingerprint density at radius 1 is 1.33 bits per heavy atom. The Labute approximate surface area is 125 Å². The predicted molar refractivity (Wildman–Crippen MR) is 86.5 cm³/mol. The van der Waals surface area contributed by atoms with Crippen LogP contribution in [0.4, 0.5) is 5.82 Å². The van der Waals surface area contributed by atoms with Crippen LogP contribution in [0.2, 0.25) is 0 Å². The van der Waals surface area contributed by atoms with Crippen LogP contribution in [0.5, 0.6) is 0 Å². The van der Waals surface area contributed by atoms with Crippen molar-refractivity contribution < 1.29 is 4.74 Å². The highest BCUT2D eigenvalue weighted by Crippen LogP contribution is 2.23. The van der Waals surface area contributed by atoms with E-state index in [1.54, 1.807) is 0 Å². The van der Waals surface area contributed by atoms with Crippen LogP contribution in [-0.4, -0.2) is 31.3 Å². The van der Waals surface area contributed by atoms with Gasteiger partial charge in [-0.2, -0.15) is 0 Å². The zero-order valence-corrected chi connectivity index (χ0v) is 12.6. The lowest BCUT2D eigenvalue weighted by atomic mass is 10.1. The van der Waals surface area contributed by atoms with Gasteiger partial charge >= 0.3 is 0 Å². The summed E-state index contributed by atoms with van der Waals surface area (Å²) in [5.41, 5.74) is 8.05. The van der Waals surface area contributed by atoms with Crippen LogP contribution < -0.4 is 10.6 Å². The van der Waals surface area contributed by atoms with Crippen molar-refractivity contribution in [1.29, 1.82) is 0 Å². The lowest BCUT2D eigenvalue weighted by Gasteiger charge is -2.28. The summed E-state index contributed by atoms with van der Waals surface area (Å²) >= 11 is 0. The number of pyridine rings is 1. The first kappa shape index (κ1) is 14.3. The SMILES string of the molecule is CN(CC1CCCCO1)c1cc(CN)c2ccccc2n1. The Morgan fingerprint density at radius 2 is 2.19 bits per heavy atom. The molecule has 1 fully saturated rings. The normalized spacial score (nSPS) is 18.9. The number of para-hydroxylation sites is 1. The molecule has 4 nitrogen and oxygen atoms in total. The van der Waals surface area contributed by atoms with Crippen molar-refractivity contribution >= 4 is 16.7 Å². The Morgan fingerprint density at radius 3 is 2.95 bits per heavy atom. The Kier molecular flexibility index (Phi) is 4.36. The van der Waals surface area contributed by atoms with Gasteiger partial charge in [0, 0.05) is 32.1 Å². The van der Waals surface area contributed by atoms with Crippen LogP contribution in [0.1, 0.15) is 24.8 Å². The third kappa shape index (κ3) is 3.17. The van der Waals surface area contributed by atoms with Gasteiger partial charge < -0.3 is 15.4 Å². The molecule has 0 saturated carbocycles. The maximum Gasteiger partial charge on any atom is 0.129 e. The van der Waals surface area contributed by atoms with Crippen molar-refractivity contribution in [3.05, 3.63) is 35.9 Å². The number of fused-ring (bicyclic) bond motifs is 1. The molecule has 1 aliphatic rings. The molecule has 2 heterocycles. The van der Waals surface area contributed by atoms with Gasteiger partial charge in [0.25, 0.3) is 0 Å². The van der Waals surface area contributed by atoms with Gasteiger partial charge in [-0.15, -0.1) is 0 Å². The Balaban J connectivity index is 1.85. The van der Waals surface area contributed by atoms with Gasteiger partial charge in [0.1, 0.15) is 5.82 Å². The number of hydrogen-bond acceptors (Lipinski definition) is 4. The van der Waals surface area contributed by atoms with Crippen LogP contribution in [0.3, 0.4) is 0 Å². The predicted octanol–water partition coefficient (Wildman–Crippen LogP) is 2.70. The molecule has 112 valence electrons. The third-order valence-electron chi connectivity index (χ3n) is 4.15. The van der Waals surface area contributed by atoms with Gasteiger partial charge in [0.05, 0.1) is 11.6 Å². The first-order chi connectivity index (χ1) is 10.3. The highest BCUT2D eigenvalue weighted by atomic mass is 16.5. The largest absolute Gasteiger partial charge is 0.376 e. The molecule has 0 amide bonds. The van der Waals surface area contributed by atoms with E-state index in [9.17, 15) is 0 Å². The van der Waals surface area contributed by atoms with Crippen molar-refractivity contribution in [2.45, 2.75) is 31.9 Å². The zero-order chi connectivity index (χ0) is 14.7. The average molecular weight is 285 g/mol. The molecular formula is C17H23N3O. The van der Waals surface area contributed by atoms with E-state index >= 15 is 0 Å². The summed E-state index contributed by atoms with van der Waals surface area (Å²) in [4.78, 5) is 6.95. The molecule has 0 radical (unpaired) electrons. The summed E-state index contributed by atoms with van der Waals surface area (Å²) in [6.45, 7) is 2.30. The Hall–Kier alpha value is -1.65. The van der Waals surface area contributed by atoms with Crippen molar-refractivity contribution in [2.24, 2.45) is 5.73 Å². The molecule has 1 atom stereocenters. The minimum atomic E-state index is 0.318. The van der Waals surface area contributed by atoms with Gasteiger partial charge in [-0.3, -0.25) is 0 Å². The van der Waals surface area contributed by atoms with Crippen LogP contribution in [-0.2, 0) is 11.3 Å². The number of anilines is 1. The molecule has 3 rings (SSSR count). The number of ether oxygens (including phenoxy) is 1. The lowest BCUT2D eigenvalue weighted by Crippen LogP contribution is -2.33. The second kappa shape index (κ2) is 6.41. The fraction of sp³-hybridized carbons (Fsp3) is 0.471. The average Bonchev–Trinajstić information content (AvgIpc) is 2.54. The maximum atomic E-state index is 5.90. The number of nitrogens with zero attached hydrogens (tertiary/aromatic N) is 2. The highest BCUT2D eigenvalue weighted by molar-refractivity contribution is 5.84. The van der Waals surface area contributed by atoms with Gasteiger partial charge in [-0.25, -0.2) is 4.98 Å². The number of likely N-dealkylation sites (N-methyl/N-ethyl adjacent to an activating group) is 1. The molecule has 1 aromatic carbocycles. The Bertz CT molecular complexity index is 608. The zero-order valence-electron chi connectivity index (χ0n) is 12.6. The lowest BCUT2D eigenvalue weighted by molar-refractivity contribution is 0.0215. The maximum absolute atomic E-state index is 5.90. The number of rotatable bonds is 4. The number of nitrogens with two attached hydrogens (primary N) is 1. The van der Waals surface area contributed by atoms with Crippen molar-refractivity contribution in [3.8, 4) is 0 Å². The fourth-order valence-corrected chi connectivity index (χ4v) is 2.95. The summed E-state index contributed by atoms with van der Waals surface area (Å²) < 4.78 is 5.82. The van der Waals surface area contributed by atoms with Gasteiger partial charge in [-0.1, -0.05) is 18.2 Å². The van der Waals surface area contributed by atoms with Gasteiger partial charge in [0.2, 0.25) is 0 Å². The van der Waals surface area contributed by atoms with Crippen molar-refractivity contribution in [3.63, 3.8) is 0 Å². The molecule has 0 bridgehead atoms. The molecule has 4 heteroatoms. The van der Waals surface area contributed by atoms with E-state index in [0.717, 1.165) is 41.9 Å². The van der Waals surface area contributed by atoms with Crippen molar-refractivity contribution in [2.75, 3.05) is 25.1 Å². The van der Waals surface area contributed by atoms with E-state index in [2.05, 4.69) is 24.1 Å². The molecule has 21 heavy (non-hydrogen) atoms. The molecule has 2 aromatic rings. The quantitative estimate of drug-likeness (QED) is 0.938. The fourth-order valence-electron chi connectivity index (χ4n) is 2.95. The van der Waals surface area contributed by atoms with E-state index in [1.807, 2.05) is 18.2 Å². The van der Waals surface area contributed by atoms with E-state index in [4.69, 9.17) is 15.5 Å². The molecule has 0 aliphatic carbocycles. The molecule has 1 aromatic heterocycles. The second-order valence-electron chi connectivity index (χ2n) is 5.73. The van der Waals surface area contributed by atoms with Gasteiger partial charge in [-0.05, 0) is 37.0 Å². The smallest absolute Gasteiger partial charge is 0.129 e.